The van der Waals surface area contributed by atoms with E-state index in [1.54, 1.807) is 29.2 Å². The average molecular weight is 634 g/mol. The highest BCUT2D eigenvalue weighted by Crippen LogP contribution is 2.40. The third-order valence-corrected chi connectivity index (χ3v) is 8.58. The van der Waals surface area contributed by atoms with Crippen molar-refractivity contribution in [1.82, 2.24) is 9.80 Å². The van der Waals surface area contributed by atoms with Crippen LogP contribution in [0.15, 0.2) is 47.0 Å². The molecule has 8 nitrogen and oxygen atoms in total. The van der Waals surface area contributed by atoms with Gasteiger partial charge in [0.25, 0.3) is 5.91 Å². The van der Waals surface area contributed by atoms with Gasteiger partial charge in [0.15, 0.2) is 0 Å². The van der Waals surface area contributed by atoms with E-state index in [9.17, 15) is 22.8 Å². The van der Waals surface area contributed by atoms with Gasteiger partial charge < -0.3 is 25.2 Å². The van der Waals surface area contributed by atoms with Crippen molar-refractivity contribution in [2.45, 2.75) is 71.8 Å². The highest BCUT2D eigenvalue weighted by Gasteiger charge is 2.40. The second-order valence-corrected chi connectivity index (χ2v) is 13.6. The summed E-state index contributed by atoms with van der Waals surface area (Å²) in [5.74, 6) is -0.178. The molecule has 2 amide bonds. The Morgan fingerprint density at radius 2 is 1.89 bits per heavy atom. The van der Waals surface area contributed by atoms with Gasteiger partial charge in [-0.05, 0) is 101 Å². The number of anilines is 1. The lowest BCUT2D eigenvalue weighted by atomic mass is 9.98. The summed E-state index contributed by atoms with van der Waals surface area (Å²) in [6, 6.07) is 9.87. The topological polar surface area (TPSA) is 105 Å². The number of halogens is 3. The normalized spacial score (nSPS) is 17.8. The average Bonchev–Trinajstić information content (AvgIpc) is 3.55. The number of rotatable bonds is 9. The summed E-state index contributed by atoms with van der Waals surface area (Å²) in [5, 5.41) is 5.61. The zero-order chi connectivity index (χ0) is 32.4. The number of ether oxygens (including phenoxy) is 1. The van der Waals surface area contributed by atoms with Crippen LogP contribution in [0.25, 0.3) is 0 Å². The van der Waals surface area contributed by atoms with E-state index >= 15 is 0 Å². The molecule has 12 heteroatoms. The molecule has 1 unspecified atom stereocenters. The molecule has 4 N–H and O–H groups in total. The van der Waals surface area contributed by atoms with Gasteiger partial charge in [0.1, 0.15) is 5.60 Å². The number of nitrogens with two attached hydrogens (primary N) is 2. The van der Waals surface area contributed by atoms with Crippen molar-refractivity contribution in [2.75, 3.05) is 31.6 Å². The minimum absolute atomic E-state index is 0.0118. The third kappa shape index (κ3) is 8.28. The number of benzene rings is 2. The lowest BCUT2D eigenvalue weighted by Gasteiger charge is -2.24. The number of fused-ring (bicyclic) bond motifs is 1. The van der Waals surface area contributed by atoms with E-state index in [-0.39, 0.29) is 36.2 Å². The number of hydrogen-bond donors (Lipinski definition) is 2. The van der Waals surface area contributed by atoms with E-state index in [4.69, 9.17) is 15.6 Å². The molecule has 2 aliphatic rings. The van der Waals surface area contributed by atoms with Crippen LogP contribution in [0.1, 0.15) is 73.1 Å². The van der Waals surface area contributed by atoms with Crippen molar-refractivity contribution in [1.29, 1.82) is 0 Å². The zero-order valence-corrected chi connectivity index (χ0v) is 26.8. The number of amides is 2. The standard InChI is InChI=1S/C32H42F3N5O3S/c1-20(44-37)28(36)16-22-7-6-8-24(13-22)40-19-26-25(29(40)41)14-23(15-27(26)32(33,34)35)17-38(5)11-9-21-10-12-39(18-21)30(42)43-31(2,3)4/h6-8,13-15,21H,9-12,16-19,36-37H2,1-5H3/b28-20-. The number of hydrogen-bond acceptors (Lipinski definition) is 7. The Morgan fingerprint density at radius 3 is 2.55 bits per heavy atom. The van der Waals surface area contributed by atoms with Crippen molar-refractivity contribution in [3.8, 4) is 0 Å². The smallest absolute Gasteiger partial charge is 0.416 e. The van der Waals surface area contributed by atoms with Crippen LogP contribution in [0.2, 0.25) is 0 Å². The van der Waals surface area contributed by atoms with Crippen LogP contribution >= 0.6 is 11.9 Å². The summed E-state index contributed by atoms with van der Waals surface area (Å²) in [6.45, 7) is 9.26. The maximum absolute atomic E-state index is 14.3. The maximum atomic E-state index is 14.3. The van der Waals surface area contributed by atoms with Gasteiger partial charge in [0, 0.05) is 47.9 Å². The van der Waals surface area contributed by atoms with Crippen molar-refractivity contribution >= 4 is 29.6 Å². The van der Waals surface area contributed by atoms with E-state index < -0.39 is 23.2 Å². The summed E-state index contributed by atoms with van der Waals surface area (Å²) in [5.41, 5.74) is 7.21. The molecule has 2 aromatic carbocycles. The zero-order valence-electron chi connectivity index (χ0n) is 26.0. The first kappa shape index (κ1) is 33.7. The first-order valence-electron chi connectivity index (χ1n) is 14.7. The Balaban J connectivity index is 1.45. The molecule has 1 fully saturated rings. The molecule has 4 rings (SSSR count). The van der Waals surface area contributed by atoms with Crippen molar-refractivity contribution < 1.29 is 27.5 Å². The Kier molecular flexibility index (Phi) is 10.3. The Labute approximate surface area is 261 Å². The number of carbonyl (C=O) groups excluding carboxylic acids is 2. The maximum Gasteiger partial charge on any atom is 0.416 e. The Bertz CT molecular complexity index is 1420. The molecule has 2 heterocycles. The molecule has 0 spiro atoms. The molecule has 0 bridgehead atoms. The summed E-state index contributed by atoms with van der Waals surface area (Å²) in [6.07, 6.45) is -2.88. The molecule has 2 aromatic rings. The number of allylic oxidation sites excluding steroid dienone is 2. The number of alkyl halides is 3. The van der Waals surface area contributed by atoms with E-state index in [2.05, 4.69) is 0 Å². The fourth-order valence-electron chi connectivity index (χ4n) is 5.63. The van der Waals surface area contributed by atoms with Crippen LogP contribution in [0.4, 0.5) is 23.7 Å². The summed E-state index contributed by atoms with van der Waals surface area (Å²) < 4.78 is 48.3. The van der Waals surface area contributed by atoms with Gasteiger partial charge in [-0.1, -0.05) is 24.1 Å². The van der Waals surface area contributed by atoms with E-state index in [0.29, 0.717) is 43.0 Å². The van der Waals surface area contributed by atoms with Gasteiger partial charge >= 0.3 is 12.3 Å². The highest BCUT2D eigenvalue weighted by molar-refractivity contribution is 8.00. The van der Waals surface area contributed by atoms with Crippen LogP contribution in [-0.4, -0.2) is 54.1 Å². The molecule has 1 saturated heterocycles. The van der Waals surface area contributed by atoms with Gasteiger partial charge in [0.05, 0.1) is 12.1 Å². The Morgan fingerprint density at radius 1 is 1.16 bits per heavy atom. The molecule has 0 aromatic heterocycles. The van der Waals surface area contributed by atoms with Crippen LogP contribution in [0, 0.1) is 5.92 Å². The molecule has 44 heavy (non-hydrogen) atoms. The van der Waals surface area contributed by atoms with Crippen LogP contribution in [0.5, 0.6) is 0 Å². The van der Waals surface area contributed by atoms with Crippen molar-refractivity contribution in [3.05, 3.63) is 74.8 Å². The summed E-state index contributed by atoms with van der Waals surface area (Å²) in [7, 11) is 1.85. The molecule has 0 radical (unpaired) electrons. The molecule has 0 aliphatic carbocycles. The monoisotopic (exact) mass is 633 g/mol. The Hall–Kier alpha value is -3.22. The second kappa shape index (κ2) is 13.4. The number of likely N-dealkylation sites (tertiary alicyclic amines) is 1. The van der Waals surface area contributed by atoms with Gasteiger partial charge in [-0.15, -0.1) is 0 Å². The molecule has 2 aliphatic heterocycles. The van der Waals surface area contributed by atoms with Gasteiger partial charge in [-0.3, -0.25) is 9.93 Å². The van der Waals surface area contributed by atoms with E-state index in [1.165, 1.54) is 11.0 Å². The van der Waals surface area contributed by atoms with Crippen molar-refractivity contribution in [2.24, 2.45) is 16.8 Å². The lowest BCUT2D eigenvalue weighted by molar-refractivity contribution is -0.138. The fourth-order valence-corrected chi connectivity index (χ4v) is 5.85. The van der Waals surface area contributed by atoms with Crippen molar-refractivity contribution in [3.63, 3.8) is 0 Å². The molecular weight excluding hydrogens is 591 g/mol. The minimum atomic E-state index is -4.61. The quantitative estimate of drug-likeness (QED) is 0.313. The first-order chi connectivity index (χ1) is 20.6. The van der Waals surface area contributed by atoms with Gasteiger partial charge in [0.2, 0.25) is 0 Å². The lowest BCUT2D eigenvalue weighted by Crippen LogP contribution is -2.35. The van der Waals surface area contributed by atoms with E-state index in [0.717, 1.165) is 35.3 Å². The SMILES string of the molecule is C/C(SN)=C(/N)Cc1cccc(N2Cc3c(cc(CN(C)CCC4CCN(C(=O)OC(C)(C)C)C4)cc3C(F)(F)F)C2=O)c1. The molecular formula is C32H42F3N5O3S. The van der Waals surface area contributed by atoms with Crippen LogP contribution in [-0.2, 0) is 30.4 Å². The van der Waals surface area contributed by atoms with E-state index in [1.807, 2.05) is 45.7 Å². The van der Waals surface area contributed by atoms with Gasteiger partial charge in [-0.2, -0.15) is 13.2 Å². The van der Waals surface area contributed by atoms with Gasteiger partial charge in [-0.25, -0.2) is 4.79 Å². The highest BCUT2D eigenvalue weighted by atomic mass is 32.2. The van der Waals surface area contributed by atoms with Crippen LogP contribution < -0.4 is 15.8 Å². The largest absolute Gasteiger partial charge is 0.444 e. The summed E-state index contributed by atoms with van der Waals surface area (Å²) >= 11 is 1.06. The number of nitrogens with zero attached hydrogens (tertiary/aromatic N) is 3. The minimum Gasteiger partial charge on any atom is -0.444 e. The summed E-state index contributed by atoms with van der Waals surface area (Å²) in [4.78, 5) is 31.7. The third-order valence-electron chi connectivity index (χ3n) is 7.96. The molecule has 1 atom stereocenters. The predicted molar refractivity (Wildman–Crippen MR) is 168 cm³/mol. The second-order valence-electron chi connectivity index (χ2n) is 12.7. The first-order valence-corrected chi connectivity index (χ1v) is 15.6. The number of carbonyl (C=O) groups is 2. The predicted octanol–water partition coefficient (Wildman–Crippen LogP) is 6.28. The molecule has 0 saturated carbocycles. The fraction of sp³-hybridized carbons (Fsp3) is 0.500. The molecule has 240 valence electrons. The van der Waals surface area contributed by atoms with Crippen LogP contribution in [0.3, 0.4) is 0 Å².